The molecule has 4 aliphatic rings. The lowest BCUT2D eigenvalue weighted by molar-refractivity contribution is -0.310. The second-order valence-electron chi connectivity index (χ2n) is 14.1. The molecule has 278 valence electrons. The van der Waals surface area contributed by atoms with Gasteiger partial charge < -0.3 is 59.2 Å². The van der Waals surface area contributed by atoms with Crippen LogP contribution in [0, 0.1) is 0 Å². The fourth-order valence-corrected chi connectivity index (χ4v) is 8.03. The molecule has 0 spiro atoms. The Kier molecular flexibility index (Phi) is 9.97. The minimum Gasteiger partial charge on any atom is -0.507 e. The maximum Gasteiger partial charge on any atom is 0.316 e. The molecule has 2 aromatic rings. The van der Waals surface area contributed by atoms with E-state index in [9.17, 15) is 45.0 Å². The molecule has 2 aromatic carbocycles. The van der Waals surface area contributed by atoms with Crippen molar-refractivity contribution in [3.05, 3.63) is 51.6 Å². The zero-order chi connectivity index (χ0) is 37.3. The van der Waals surface area contributed by atoms with E-state index in [1.165, 1.54) is 6.07 Å². The van der Waals surface area contributed by atoms with E-state index in [2.05, 4.69) is 0 Å². The summed E-state index contributed by atoms with van der Waals surface area (Å²) >= 11 is 0. The van der Waals surface area contributed by atoms with Gasteiger partial charge in [-0.05, 0) is 58.1 Å². The molecule has 11 atom stereocenters. The molecule has 6 rings (SSSR count). The molecule has 0 bridgehead atoms. The first-order valence-electron chi connectivity index (χ1n) is 17.0. The van der Waals surface area contributed by atoms with Crippen molar-refractivity contribution in [3.8, 4) is 17.2 Å². The third kappa shape index (κ3) is 6.18. The molecule has 6 N–H and O–H groups in total. The van der Waals surface area contributed by atoms with Gasteiger partial charge in [0.1, 0.15) is 35.4 Å². The van der Waals surface area contributed by atoms with E-state index in [1.54, 1.807) is 20.8 Å². The SMILES string of the molecule is CC[C@@]1(O)C[C@H](O[C@H]2C[C@H](N(C)C)[C@H](O[C@H]3C[C@H](O)[C@H](O)[C@H](C)O3)C(C)O2)c2c(cc3c(c2O)C(=O)c2c(O)ccc(O)c2C3=O)[C@H]1C(=O)OC. The number of aliphatic hydroxyl groups is 3. The highest BCUT2D eigenvalue weighted by Gasteiger charge is 2.53. The standard InChI is InChI=1S/C36H45NO14/c1-7-36(46)13-22(50-23-11-18(37(4)5)34(15(3)49-23)51-24-12-21(40)30(41)14(2)48-24)25-16(29(36)35(45)47-6)10-17-26(32(25)43)33(44)28-20(39)9-8-19(38)27(28)31(17)42/h8-10,14-15,18,21-24,29-30,34,38-41,43,46H,7,11-13H2,1-6H3/t14-,15?,18-,21-,22-,23-,24-,29-,30+,34+,36+/m0/s1. The van der Waals surface area contributed by atoms with E-state index in [0.717, 1.165) is 19.2 Å². The Morgan fingerprint density at radius 3 is 2.14 bits per heavy atom. The Labute approximate surface area is 294 Å². The van der Waals surface area contributed by atoms with Crippen molar-refractivity contribution in [1.29, 1.82) is 0 Å². The van der Waals surface area contributed by atoms with Crippen molar-refractivity contribution in [2.24, 2.45) is 0 Å². The van der Waals surface area contributed by atoms with E-state index < -0.39 is 112 Å². The average molecular weight is 716 g/mol. The van der Waals surface area contributed by atoms with Gasteiger partial charge in [0, 0.05) is 36.4 Å². The molecule has 2 aliphatic carbocycles. The first kappa shape index (κ1) is 37.1. The number of carbonyl (C=O) groups is 3. The summed E-state index contributed by atoms with van der Waals surface area (Å²) in [6, 6.07) is 3.04. The molecule has 2 saturated heterocycles. The molecule has 0 saturated carbocycles. The number of carbonyl (C=O) groups excluding carboxylic acids is 3. The van der Waals surface area contributed by atoms with Gasteiger partial charge in [-0.2, -0.15) is 0 Å². The van der Waals surface area contributed by atoms with Crippen molar-refractivity contribution in [2.45, 2.75) is 113 Å². The van der Waals surface area contributed by atoms with Gasteiger partial charge in [0.15, 0.2) is 18.4 Å². The van der Waals surface area contributed by atoms with Crippen LogP contribution >= 0.6 is 0 Å². The van der Waals surface area contributed by atoms with Gasteiger partial charge in [-0.1, -0.05) is 6.92 Å². The largest absolute Gasteiger partial charge is 0.507 e. The van der Waals surface area contributed by atoms with E-state index in [0.29, 0.717) is 0 Å². The topological polar surface area (TPSA) is 222 Å². The molecule has 0 aromatic heterocycles. The number of benzene rings is 2. The molecule has 15 nitrogen and oxygen atoms in total. The smallest absolute Gasteiger partial charge is 0.316 e. The number of likely N-dealkylation sites (N-methyl/N-ethyl adjacent to an activating group) is 1. The zero-order valence-electron chi connectivity index (χ0n) is 29.2. The third-order valence-corrected chi connectivity index (χ3v) is 10.8. The second kappa shape index (κ2) is 13.7. The number of phenols is 3. The summed E-state index contributed by atoms with van der Waals surface area (Å²) in [5, 5.41) is 65.4. The monoisotopic (exact) mass is 715 g/mol. The lowest BCUT2D eigenvalue weighted by Gasteiger charge is -2.48. The fraction of sp³-hybridized carbons (Fsp3) is 0.583. The number of hydrogen-bond acceptors (Lipinski definition) is 15. The number of phenolic OH excluding ortho intramolecular Hbond substituents is 3. The average Bonchev–Trinajstić information content (AvgIpc) is 3.07. The van der Waals surface area contributed by atoms with Crippen LogP contribution in [0.2, 0.25) is 0 Å². The van der Waals surface area contributed by atoms with Crippen molar-refractivity contribution < 1.29 is 68.7 Å². The lowest BCUT2D eigenvalue weighted by Crippen LogP contribution is -2.57. The van der Waals surface area contributed by atoms with Crippen LogP contribution < -0.4 is 0 Å². The predicted molar refractivity (Wildman–Crippen MR) is 175 cm³/mol. The minimum atomic E-state index is -1.79. The highest BCUT2D eigenvalue weighted by molar-refractivity contribution is 6.31. The number of esters is 1. The molecule has 2 heterocycles. The zero-order valence-corrected chi connectivity index (χ0v) is 29.2. The number of methoxy groups -OCH3 is 1. The number of ether oxygens (including phenoxy) is 5. The van der Waals surface area contributed by atoms with E-state index in [1.807, 2.05) is 19.0 Å². The first-order chi connectivity index (χ1) is 24.0. The van der Waals surface area contributed by atoms with Crippen LogP contribution in [0.3, 0.4) is 0 Å². The van der Waals surface area contributed by atoms with Crippen LogP contribution in [0.25, 0.3) is 0 Å². The van der Waals surface area contributed by atoms with Gasteiger partial charge in [-0.15, -0.1) is 0 Å². The Hall–Kier alpha value is -3.67. The predicted octanol–water partition coefficient (Wildman–Crippen LogP) is 1.74. The highest BCUT2D eigenvalue weighted by atomic mass is 16.7. The summed E-state index contributed by atoms with van der Waals surface area (Å²) in [4.78, 5) is 42.9. The molecule has 0 radical (unpaired) electrons. The van der Waals surface area contributed by atoms with Crippen LogP contribution in [0.15, 0.2) is 18.2 Å². The van der Waals surface area contributed by atoms with E-state index >= 15 is 0 Å². The van der Waals surface area contributed by atoms with Crippen LogP contribution in [-0.2, 0) is 28.5 Å². The highest BCUT2D eigenvalue weighted by Crippen LogP contribution is 2.54. The van der Waals surface area contributed by atoms with Crippen LogP contribution in [0.5, 0.6) is 17.2 Å². The van der Waals surface area contributed by atoms with Crippen LogP contribution in [0.1, 0.15) is 101 Å². The van der Waals surface area contributed by atoms with Crippen LogP contribution in [-0.4, -0.2) is 129 Å². The number of ketones is 2. The van der Waals surface area contributed by atoms with Crippen molar-refractivity contribution >= 4 is 17.5 Å². The maximum atomic E-state index is 13.9. The summed E-state index contributed by atoms with van der Waals surface area (Å²) in [7, 11) is 4.83. The number of nitrogens with zero attached hydrogens (tertiary/aromatic N) is 1. The first-order valence-corrected chi connectivity index (χ1v) is 17.0. The summed E-state index contributed by atoms with van der Waals surface area (Å²) in [6.07, 6.45) is -6.80. The normalized spacial score (nSPS) is 34.9. The lowest BCUT2D eigenvalue weighted by atomic mass is 9.67. The van der Waals surface area contributed by atoms with Gasteiger partial charge in [0.25, 0.3) is 0 Å². The number of rotatable bonds is 7. The fourth-order valence-electron chi connectivity index (χ4n) is 8.03. The molecular formula is C36H45NO14. The van der Waals surface area contributed by atoms with Gasteiger partial charge >= 0.3 is 5.97 Å². The minimum absolute atomic E-state index is 0.00137. The molecule has 2 fully saturated rings. The van der Waals surface area contributed by atoms with Crippen LogP contribution in [0.4, 0.5) is 0 Å². The second-order valence-corrected chi connectivity index (χ2v) is 14.1. The molecule has 0 amide bonds. The van der Waals surface area contributed by atoms with Gasteiger partial charge in [0.2, 0.25) is 5.78 Å². The van der Waals surface area contributed by atoms with Gasteiger partial charge in [0.05, 0.1) is 53.8 Å². The molecule has 51 heavy (non-hydrogen) atoms. The number of aromatic hydroxyl groups is 3. The Morgan fingerprint density at radius 1 is 0.941 bits per heavy atom. The molecule has 15 heteroatoms. The molecule has 2 aliphatic heterocycles. The third-order valence-electron chi connectivity index (χ3n) is 10.8. The van der Waals surface area contributed by atoms with Crippen molar-refractivity contribution in [1.82, 2.24) is 4.90 Å². The Bertz CT molecular complexity index is 1720. The number of fused-ring (bicyclic) bond motifs is 3. The summed E-state index contributed by atoms with van der Waals surface area (Å²) in [5.74, 6) is -5.85. The Balaban J connectivity index is 1.39. The maximum absolute atomic E-state index is 13.9. The van der Waals surface area contributed by atoms with E-state index in [-0.39, 0.29) is 48.4 Å². The quantitative estimate of drug-likeness (QED) is 0.152. The number of hydrogen-bond donors (Lipinski definition) is 6. The number of aliphatic hydroxyl groups excluding tert-OH is 2. The summed E-state index contributed by atoms with van der Waals surface area (Å²) < 4.78 is 30.0. The van der Waals surface area contributed by atoms with Gasteiger partial charge in [-0.25, -0.2) is 0 Å². The van der Waals surface area contributed by atoms with Crippen molar-refractivity contribution in [3.63, 3.8) is 0 Å². The Morgan fingerprint density at radius 2 is 1.55 bits per heavy atom. The summed E-state index contributed by atoms with van der Waals surface area (Å²) in [5.41, 5.74) is -3.53. The van der Waals surface area contributed by atoms with Crippen molar-refractivity contribution in [2.75, 3.05) is 21.2 Å². The van der Waals surface area contributed by atoms with Gasteiger partial charge in [-0.3, -0.25) is 14.4 Å². The molecular weight excluding hydrogens is 670 g/mol. The molecule has 1 unspecified atom stereocenters. The van der Waals surface area contributed by atoms with E-state index in [4.69, 9.17) is 23.7 Å². The summed E-state index contributed by atoms with van der Waals surface area (Å²) in [6.45, 7) is 5.08.